The van der Waals surface area contributed by atoms with Crippen LogP contribution in [0, 0.1) is 11.3 Å². The third-order valence-electron chi connectivity index (χ3n) is 5.31. The number of carbonyl (C=O) groups excluding carboxylic acids is 1. The zero-order valence-electron chi connectivity index (χ0n) is 20.0. The van der Waals surface area contributed by atoms with Crippen LogP contribution in [0.3, 0.4) is 0 Å². The first-order chi connectivity index (χ1) is 15.6. The lowest BCUT2D eigenvalue weighted by Crippen LogP contribution is -2.44. The average Bonchev–Trinajstić information content (AvgIpc) is 2.72. The van der Waals surface area contributed by atoms with Crippen LogP contribution in [-0.2, 0) is 27.1 Å². The third-order valence-corrected chi connectivity index (χ3v) is 5.31. The first-order valence-electron chi connectivity index (χ1n) is 10.9. The Bertz CT molecular complexity index is 806. The van der Waals surface area contributed by atoms with Gasteiger partial charge in [-0.1, -0.05) is 26.0 Å². The number of halogens is 3. The zero-order valence-corrected chi connectivity index (χ0v) is 20.0. The maximum atomic E-state index is 12.6. The fraction of sp³-hybridized carbons (Fsp3) is 0.609. The summed E-state index contributed by atoms with van der Waals surface area (Å²) < 4.78 is 37.9. The summed E-state index contributed by atoms with van der Waals surface area (Å²) in [5.41, 5.74) is 0.257. The maximum absolute atomic E-state index is 12.6. The van der Waals surface area contributed by atoms with Crippen molar-refractivity contribution in [3.8, 4) is 0 Å². The van der Waals surface area contributed by atoms with E-state index in [1.165, 1.54) is 12.1 Å². The van der Waals surface area contributed by atoms with Crippen molar-refractivity contribution in [2.75, 3.05) is 40.3 Å². The predicted octanol–water partition coefficient (Wildman–Crippen LogP) is 2.78. The fourth-order valence-corrected chi connectivity index (χ4v) is 3.79. The highest BCUT2D eigenvalue weighted by molar-refractivity contribution is 6.27. The molecule has 192 valence electrons. The number of carboxylic acid groups (broad SMARTS) is 2. The van der Waals surface area contributed by atoms with Gasteiger partial charge in [-0.2, -0.15) is 13.2 Å². The maximum Gasteiger partial charge on any atom is 0.416 e. The molecule has 0 unspecified atom stereocenters. The number of carboxylic acids is 2. The van der Waals surface area contributed by atoms with Crippen molar-refractivity contribution in [2.45, 2.75) is 39.4 Å². The Balaban J connectivity index is 0.000000852. The van der Waals surface area contributed by atoms with Crippen LogP contribution in [0.2, 0.25) is 0 Å². The van der Waals surface area contributed by atoms with Crippen molar-refractivity contribution >= 4 is 17.8 Å². The Morgan fingerprint density at radius 3 is 1.94 bits per heavy atom. The van der Waals surface area contributed by atoms with E-state index in [-0.39, 0.29) is 17.2 Å². The molecule has 1 amide bonds. The molecule has 1 saturated heterocycles. The van der Waals surface area contributed by atoms with Gasteiger partial charge in [-0.15, -0.1) is 0 Å². The molecule has 0 aromatic heterocycles. The first-order valence-corrected chi connectivity index (χ1v) is 10.9. The minimum atomic E-state index is -4.30. The normalized spacial score (nSPS) is 15.4. The van der Waals surface area contributed by atoms with Gasteiger partial charge >= 0.3 is 18.1 Å². The van der Waals surface area contributed by atoms with Gasteiger partial charge in [0.05, 0.1) is 5.56 Å². The van der Waals surface area contributed by atoms with Crippen LogP contribution in [-0.4, -0.2) is 78.1 Å². The number of benzene rings is 1. The van der Waals surface area contributed by atoms with Gasteiger partial charge in [0.2, 0.25) is 5.91 Å². The molecule has 8 nitrogen and oxygen atoms in total. The number of hydrogen-bond acceptors (Lipinski definition) is 5. The van der Waals surface area contributed by atoms with Gasteiger partial charge in [-0.3, -0.25) is 9.69 Å². The molecule has 1 aliphatic rings. The molecule has 11 heteroatoms. The number of nitrogens with zero attached hydrogens (tertiary/aromatic N) is 2. The first kappa shape index (κ1) is 29.4. The summed E-state index contributed by atoms with van der Waals surface area (Å²) in [6.45, 7) is 8.00. The topological polar surface area (TPSA) is 110 Å². The highest BCUT2D eigenvalue weighted by atomic mass is 19.4. The smallest absolute Gasteiger partial charge is 0.416 e. The van der Waals surface area contributed by atoms with Gasteiger partial charge in [-0.25, -0.2) is 9.59 Å². The lowest BCUT2D eigenvalue weighted by molar-refractivity contribution is -0.159. The van der Waals surface area contributed by atoms with Crippen LogP contribution >= 0.6 is 0 Å². The molecule has 1 aromatic carbocycles. The van der Waals surface area contributed by atoms with E-state index in [9.17, 15) is 18.0 Å². The lowest BCUT2D eigenvalue weighted by atomic mass is 9.91. The number of amides is 1. The molecule has 0 radical (unpaired) electrons. The van der Waals surface area contributed by atoms with Crippen LogP contribution in [0.25, 0.3) is 0 Å². The molecular weight excluding hydrogens is 455 g/mol. The number of rotatable bonds is 7. The van der Waals surface area contributed by atoms with E-state index in [1.54, 1.807) is 0 Å². The SMILES string of the molecule is CN(C)CC(C)(C)CNC(=O)C1CCN(Cc2ccc(C(F)(F)F)cc2)CC1.O=C(O)C(=O)O. The van der Waals surface area contributed by atoms with Crippen LogP contribution in [0.5, 0.6) is 0 Å². The fourth-order valence-electron chi connectivity index (χ4n) is 3.79. The van der Waals surface area contributed by atoms with Crippen molar-refractivity contribution < 1.29 is 37.8 Å². The van der Waals surface area contributed by atoms with Gasteiger partial charge < -0.3 is 20.4 Å². The summed E-state index contributed by atoms with van der Waals surface area (Å²) in [5, 5.41) is 17.9. The molecule has 0 atom stereocenters. The summed E-state index contributed by atoms with van der Waals surface area (Å²) in [6.07, 6.45) is -2.74. The second-order valence-corrected chi connectivity index (χ2v) is 9.48. The van der Waals surface area contributed by atoms with Gasteiger partial charge in [0.15, 0.2) is 0 Å². The minimum absolute atomic E-state index is 0.0130. The minimum Gasteiger partial charge on any atom is -0.473 e. The molecule has 1 heterocycles. The van der Waals surface area contributed by atoms with E-state index in [1.807, 2.05) is 14.1 Å². The van der Waals surface area contributed by atoms with Gasteiger partial charge in [0.1, 0.15) is 0 Å². The molecule has 2 rings (SSSR count). The molecule has 0 spiro atoms. The number of carbonyl (C=O) groups is 3. The van der Waals surface area contributed by atoms with Crippen molar-refractivity contribution in [2.24, 2.45) is 11.3 Å². The van der Waals surface area contributed by atoms with Crippen molar-refractivity contribution in [3.05, 3.63) is 35.4 Å². The standard InChI is InChI=1S/C21H32F3N3O.C2H2O4/c1-20(2,15-26(3)4)14-25-19(28)17-9-11-27(12-10-17)13-16-5-7-18(8-6-16)21(22,23)24;3-1(4)2(5)6/h5-8,17H,9-15H2,1-4H3,(H,25,28);(H,3,4)(H,5,6). The van der Waals surface area contributed by atoms with Crippen LogP contribution in [0.4, 0.5) is 13.2 Å². The van der Waals surface area contributed by atoms with Crippen molar-refractivity contribution in [1.29, 1.82) is 0 Å². The molecule has 34 heavy (non-hydrogen) atoms. The molecule has 3 N–H and O–H groups in total. The Hall–Kier alpha value is -2.66. The van der Waals surface area contributed by atoms with E-state index in [0.29, 0.717) is 13.1 Å². The van der Waals surface area contributed by atoms with Gasteiger partial charge in [0, 0.05) is 25.6 Å². The number of likely N-dealkylation sites (tertiary alicyclic amines) is 1. The molecule has 0 saturated carbocycles. The largest absolute Gasteiger partial charge is 0.473 e. The molecule has 1 aliphatic heterocycles. The highest BCUT2D eigenvalue weighted by Gasteiger charge is 2.30. The average molecular weight is 490 g/mol. The number of hydrogen-bond donors (Lipinski definition) is 3. The second kappa shape index (κ2) is 12.7. The Labute approximate surface area is 197 Å². The van der Waals surface area contributed by atoms with Gasteiger partial charge in [0.25, 0.3) is 0 Å². The molecule has 0 bridgehead atoms. The number of aliphatic carboxylic acids is 2. The third kappa shape index (κ3) is 11.0. The van der Waals surface area contributed by atoms with Gasteiger partial charge in [-0.05, 0) is 63.1 Å². The van der Waals surface area contributed by atoms with E-state index in [4.69, 9.17) is 19.8 Å². The highest BCUT2D eigenvalue weighted by Crippen LogP contribution is 2.29. The zero-order chi connectivity index (χ0) is 26.1. The van der Waals surface area contributed by atoms with E-state index in [2.05, 4.69) is 29.0 Å². The van der Waals surface area contributed by atoms with Crippen LogP contribution in [0.1, 0.15) is 37.8 Å². The number of piperidine rings is 1. The monoisotopic (exact) mass is 489 g/mol. The second-order valence-electron chi connectivity index (χ2n) is 9.48. The molecule has 1 aromatic rings. The van der Waals surface area contributed by atoms with Crippen molar-refractivity contribution in [3.63, 3.8) is 0 Å². The summed E-state index contributed by atoms with van der Waals surface area (Å²) in [4.78, 5) is 35.0. The molecule has 1 fully saturated rings. The quantitative estimate of drug-likeness (QED) is 0.505. The summed E-state index contributed by atoms with van der Waals surface area (Å²) in [7, 11) is 4.05. The summed E-state index contributed by atoms with van der Waals surface area (Å²) in [6, 6.07) is 5.33. The van der Waals surface area contributed by atoms with Crippen LogP contribution < -0.4 is 5.32 Å². The molecule has 0 aliphatic carbocycles. The Kier molecular flexibility index (Phi) is 11.0. The van der Waals surface area contributed by atoms with E-state index in [0.717, 1.165) is 50.2 Å². The Morgan fingerprint density at radius 2 is 1.53 bits per heavy atom. The van der Waals surface area contributed by atoms with E-state index < -0.39 is 23.7 Å². The number of nitrogens with one attached hydrogen (secondary N) is 1. The number of alkyl halides is 3. The lowest BCUT2D eigenvalue weighted by Gasteiger charge is -2.33. The Morgan fingerprint density at radius 1 is 1.03 bits per heavy atom. The van der Waals surface area contributed by atoms with Crippen molar-refractivity contribution in [1.82, 2.24) is 15.1 Å². The van der Waals surface area contributed by atoms with Crippen LogP contribution in [0.15, 0.2) is 24.3 Å². The predicted molar refractivity (Wildman–Crippen MR) is 120 cm³/mol. The summed E-state index contributed by atoms with van der Waals surface area (Å²) in [5.74, 6) is -3.52. The summed E-state index contributed by atoms with van der Waals surface area (Å²) >= 11 is 0. The molecular formula is C23H34F3N3O5. The van der Waals surface area contributed by atoms with E-state index >= 15 is 0 Å².